The molecule has 0 aliphatic heterocycles. The lowest BCUT2D eigenvalue weighted by Crippen LogP contribution is -2.20. The van der Waals surface area contributed by atoms with Gasteiger partial charge in [-0.25, -0.2) is 4.98 Å². The van der Waals surface area contributed by atoms with E-state index in [1.165, 1.54) is 15.8 Å². The molecule has 4 heteroatoms. The highest BCUT2D eigenvalue weighted by Gasteiger charge is 2.05. The number of nitrogens with one attached hydrogen (secondary N) is 1. The van der Waals surface area contributed by atoms with Crippen molar-refractivity contribution in [1.29, 1.82) is 0 Å². The first-order valence-corrected chi connectivity index (χ1v) is 6.64. The molecule has 1 aromatic heterocycles. The molecule has 1 N–H and O–H groups in total. The number of rotatable bonds is 4. The Morgan fingerprint density at radius 3 is 2.65 bits per heavy atom. The molecule has 0 fully saturated rings. The first kappa shape index (κ1) is 12.3. The molecule has 3 nitrogen and oxygen atoms in total. The Labute approximate surface area is 106 Å². The van der Waals surface area contributed by atoms with Crippen LogP contribution < -0.4 is 5.32 Å². The van der Waals surface area contributed by atoms with Gasteiger partial charge in [0.15, 0.2) is 5.13 Å². The summed E-state index contributed by atoms with van der Waals surface area (Å²) in [6.07, 6.45) is 0. The highest BCUT2D eigenvalue weighted by molar-refractivity contribution is 7.22. The Morgan fingerprint density at radius 1 is 1.24 bits per heavy atom. The zero-order valence-corrected chi connectivity index (χ0v) is 11.7. The normalized spacial score (nSPS) is 11.4. The van der Waals surface area contributed by atoms with E-state index < -0.39 is 0 Å². The SMILES string of the molecule is Cc1cc2nc(NCCN(C)C)sc2cc1C. The molecule has 0 amide bonds. The largest absolute Gasteiger partial charge is 0.360 e. The molecule has 0 radical (unpaired) electrons. The van der Waals surface area contributed by atoms with Gasteiger partial charge < -0.3 is 10.2 Å². The van der Waals surface area contributed by atoms with Crippen molar-refractivity contribution in [1.82, 2.24) is 9.88 Å². The summed E-state index contributed by atoms with van der Waals surface area (Å²) in [7, 11) is 4.15. The standard InChI is InChI=1S/C13H19N3S/c1-9-7-11-12(8-10(9)2)17-13(15-11)14-5-6-16(3)4/h7-8H,5-6H2,1-4H3,(H,14,15). The molecular weight excluding hydrogens is 230 g/mol. The van der Waals surface area contributed by atoms with Crippen molar-refractivity contribution in [3.05, 3.63) is 23.3 Å². The van der Waals surface area contributed by atoms with Crippen molar-refractivity contribution in [2.45, 2.75) is 13.8 Å². The molecule has 1 heterocycles. The predicted molar refractivity (Wildman–Crippen MR) is 76.1 cm³/mol. The number of aryl methyl sites for hydroxylation is 2. The number of nitrogens with zero attached hydrogens (tertiary/aromatic N) is 2. The summed E-state index contributed by atoms with van der Waals surface area (Å²) in [6, 6.07) is 4.39. The van der Waals surface area contributed by atoms with Gasteiger partial charge in [-0.1, -0.05) is 11.3 Å². The minimum atomic E-state index is 0.935. The Bertz CT molecular complexity index is 478. The first-order chi connectivity index (χ1) is 8.06. The van der Waals surface area contributed by atoms with Crippen molar-refractivity contribution in [3.8, 4) is 0 Å². The molecule has 2 rings (SSSR count). The maximum Gasteiger partial charge on any atom is 0.183 e. The quantitative estimate of drug-likeness (QED) is 0.903. The highest BCUT2D eigenvalue weighted by atomic mass is 32.1. The number of hydrogen-bond donors (Lipinski definition) is 1. The molecule has 0 saturated heterocycles. The number of thiazole rings is 1. The molecule has 1 aromatic carbocycles. The van der Waals surface area contributed by atoms with Crippen LogP contribution in [0.4, 0.5) is 5.13 Å². The maximum atomic E-state index is 4.60. The van der Waals surface area contributed by atoms with Gasteiger partial charge in [-0.05, 0) is 51.2 Å². The molecule has 2 aromatic rings. The van der Waals surface area contributed by atoms with E-state index >= 15 is 0 Å². The van der Waals surface area contributed by atoms with Crippen LogP contribution in [0.25, 0.3) is 10.2 Å². The number of benzene rings is 1. The van der Waals surface area contributed by atoms with Gasteiger partial charge in [-0.3, -0.25) is 0 Å². The van der Waals surface area contributed by atoms with Gasteiger partial charge in [0.25, 0.3) is 0 Å². The van der Waals surface area contributed by atoms with Crippen LogP contribution in [0.2, 0.25) is 0 Å². The van der Waals surface area contributed by atoms with Crippen molar-refractivity contribution in [3.63, 3.8) is 0 Å². The molecular formula is C13H19N3S. The third-order valence-corrected chi connectivity index (χ3v) is 3.82. The van der Waals surface area contributed by atoms with E-state index in [4.69, 9.17) is 0 Å². The summed E-state index contributed by atoms with van der Waals surface area (Å²) in [4.78, 5) is 6.76. The fourth-order valence-corrected chi connectivity index (χ4v) is 2.61. The fraction of sp³-hybridized carbons (Fsp3) is 0.462. The van der Waals surface area contributed by atoms with Crippen LogP contribution in [0, 0.1) is 13.8 Å². The first-order valence-electron chi connectivity index (χ1n) is 5.82. The van der Waals surface area contributed by atoms with Gasteiger partial charge in [-0.2, -0.15) is 0 Å². The van der Waals surface area contributed by atoms with Crippen LogP contribution in [0.5, 0.6) is 0 Å². The van der Waals surface area contributed by atoms with E-state index in [9.17, 15) is 0 Å². The van der Waals surface area contributed by atoms with Gasteiger partial charge in [0, 0.05) is 13.1 Å². The van der Waals surface area contributed by atoms with Crippen LogP contribution in [-0.2, 0) is 0 Å². The smallest absolute Gasteiger partial charge is 0.183 e. The molecule has 0 atom stereocenters. The van der Waals surface area contributed by atoms with Gasteiger partial charge in [0.1, 0.15) is 0 Å². The Kier molecular flexibility index (Phi) is 3.64. The summed E-state index contributed by atoms with van der Waals surface area (Å²) >= 11 is 1.73. The third kappa shape index (κ3) is 2.96. The van der Waals surface area contributed by atoms with Crippen LogP contribution in [0.3, 0.4) is 0 Å². The van der Waals surface area contributed by atoms with E-state index in [1.54, 1.807) is 11.3 Å². The Hall–Kier alpha value is -1.13. The number of fused-ring (bicyclic) bond motifs is 1. The molecule has 0 unspecified atom stereocenters. The highest BCUT2D eigenvalue weighted by Crippen LogP contribution is 2.28. The minimum absolute atomic E-state index is 0.935. The van der Waals surface area contributed by atoms with Gasteiger partial charge in [0.2, 0.25) is 0 Å². The van der Waals surface area contributed by atoms with E-state index in [-0.39, 0.29) is 0 Å². The average Bonchev–Trinajstić information content (AvgIpc) is 2.60. The zero-order valence-electron chi connectivity index (χ0n) is 10.9. The van der Waals surface area contributed by atoms with Gasteiger partial charge >= 0.3 is 0 Å². The van der Waals surface area contributed by atoms with Crippen LogP contribution >= 0.6 is 11.3 Å². The molecule has 0 spiro atoms. The second-order valence-corrected chi connectivity index (χ2v) is 5.68. The van der Waals surface area contributed by atoms with Crippen molar-refractivity contribution < 1.29 is 0 Å². The van der Waals surface area contributed by atoms with Gasteiger partial charge in [0.05, 0.1) is 10.2 Å². The lowest BCUT2D eigenvalue weighted by atomic mass is 10.1. The number of aromatic nitrogens is 1. The van der Waals surface area contributed by atoms with Crippen molar-refractivity contribution in [2.24, 2.45) is 0 Å². The molecule has 0 aliphatic rings. The van der Waals surface area contributed by atoms with E-state index in [2.05, 4.69) is 55.3 Å². The van der Waals surface area contributed by atoms with E-state index in [0.29, 0.717) is 0 Å². The third-order valence-electron chi connectivity index (χ3n) is 2.84. The van der Waals surface area contributed by atoms with Crippen LogP contribution in [0.1, 0.15) is 11.1 Å². The molecule has 0 bridgehead atoms. The molecule has 17 heavy (non-hydrogen) atoms. The van der Waals surface area contributed by atoms with E-state index in [0.717, 1.165) is 23.7 Å². The summed E-state index contributed by atoms with van der Waals surface area (Å²) < 4.78 is 1.26. The maximum absolute atomic E-state index is 4.60. The molecule has 92 valence electrons. The summed E-state index contributed by atoms with van der Waals surface area (Å²) in [5.41, 5.74) is 3.74. The van der Waals surface area contributed by atoms with E-state index in [1.807, 2.05) is 0 Å². The Morgan fingerprint density at radius 2 is 1.94 bits per heavy atom. The van der Waals surface area contributed by atoms with Crippen LogP contribution in [0.15, 0.2) is 12.1 Å². The molecule has 0 saturated carbocycles. The van der Waals surface area contributed by atoms with Gasteiger partial charge in [-0.15, -0.1) is 0 Å². The minimum Gasteiger partial charge on any atom is -0.360 e. The predicted octanol–water partition coefficient (Wildman–Crippen LogP) is 2.89. The van der Waals surface area contributed by atoms with Crippen LogP contribution in [-0.4, -0.2) is 37.1 Å². The zero-order chi connectivity index (χ0) is 12.4. The van der Waals surface area contributed by atoms with Crippen molar-refractivity contribution in [2.75, 3.05) is 32.5 Å². The van der Waals surface area contributed by atoms with Crippen molar-refractivity contribution >= 4 is 26.7 Å². The second kappa shape index (κ2) is 5.02. The lowest BCUT2D eigenvalue weighted by molar-refractivity contribution is 0.425. The Balaban J connectivity index is 2.14. The summed E-state index contributed by atoms with van der Waals surface area (Å²) in [5, 5.41) is 4.39. The molecule has 0 aliphatic carbocycles. The monoisotopic (exact) mass is 249 g/mol. The summed E-state index contributed by atoms with van der Waals surface area (Å²) in [6.45, 7) is 6.24. The number of likely N-dealkylation sites (N-methyl/N-ethyl adjacent to an activating group) is 1. The topological polar surface area (TPSA) is 28.2 Å². The average molecular weight is 249 g/mol. The number of hydrogen-bond acceptors (Lipinski definition) is 4. The number of anilines is 1. The fourth-order valence-electron chi connectivity index (χ4n) is 1.64. The lowest BCUT2D eigenvalue weighted by Gasteiger charge is -2.08. The summed E-state index contributed by atoms with van der Waals surface area (Å²) in [5.74, 6) is 0. The second-order valence-electron chi connectivity index (χ2n) is 4.65.